The molecule has 1 aliphatic rings. The first kappa shape index (κ1) is 14.5. The molecule has 2 aromatic heterocycles. The number of hydrogen-bond donors (Lipinski definition) is 0. The smallest absolute Gasteiger partial charge is 0.237 e. The van der Waals surface area contributed by atoms with Crippen LogP contribution >= 0.6 is 11.8 Å². The summed E-state index contributed by atoms with van der Waals surface area (Å²) < 4.78 is 7.22. The van der Waals surface area contributed by atoms with Crippen molar-refractivity contribution < 1.29 is 4.52 Å². The largest absolute Gasteiger partial charge is 0.338 e. The van der Waals surface area contributed by atoms with Gasteiger partial charge >= 0.3 is 0 Å². The lowest BCUT2D eigenvalue weighted by Gasteiger charge is -2.09. The van der Waals surface area contributed by atoms with Crippen molar-refractivity contribution in [2.45, 2.75) is 62.9 Å². The van der Waals surface area contributed by atoms with Gasteiger partial charge < -0.3 is 4.52 Å². The van der Waals surface area contributed by atoms with Crippen LogP contribution in [0.15, 0.2) is 9.68 Å². The van der Waals surface area contributed by atoms with E-state index in [2.05, 4.69) is 39.5 Å². The van der Waals surface area contributed by atoms with Crippen LogP contribution in [0.1, 0.15) is 57.3 Å². The molecule has 0 radical (unpaired) electrons. The average Bonchev–Trinajstić information content (AvgIpc) is 3.17. The zero-order valence-corrected chi connectivity index (χ0v) is 13.2. The molecule has 0 spiro atoms. The van der Waals surface area contributed by atoms with Crippen molar-refractivity contribution in [2.75, 3.05) is 0 Å². The molecule has 114 valence electrons. The molecule has 0 aromatic carbocycles. The summed E-state index contributed by atoms with van der Waals surface area (Å²) in [6.07, 6.45) is 5.69. The highest BCUT2D eigenvalue weighted by Gasteiger charge is 2.22. The zero-order valence-electron chi connectivity index (χ0n) is 12.4. The highest BCUT2D eigenvalue weighted by molar-refractivity contribution is 7.98. The van der Waals surface area contributed by atoms with Crippen LogP contribution in [0, 0.1) is 5.92 Å². The molecule has 0 atom stereocenters. The highest BCUT2D eigenvalue weighted by atomic mass is 32.2. The summed E-state index contributed by atoms with van der Waals surface area (Å²) in [6, 6.07) is 0.446. The van der Waals surface area contributed by atoms with Gasteiger partial charge in [-0.1, -0.05) is 43.6 Å². The number of tetrazole rings is 1. The first-order valence-corrected chi connectivity index (χ1v) is 8.43. The molecular formula is C13H20N6OS. The Morgan fingerprint density at radius 1 is 1.33 bits per heavy atom. The first-order chi connectivity index (χ1) is 10.2. The average molecular weight is 308 g/mol. The van der Waals surface area contributed by atoms with Gasteiger partial charge in [0.2, 0.25) is 11.0 Å². The monoisotopic (exact) mass is 308 g/mol. The molecule has 0 unspecified atom stereocenters. The lowest BCUT2D eigenvalue weighted by atomic mass is 10.1. The molecule has 21 heavy (non-hydrogen) atoms. The van der Waals surface area contributed by atoms with Gasteiger partial charge in [0.25, 0.3) is 0 Å². The fraction of sp³-hybridized carbons (Fsp3) is 0.769. The van der Waals surface area contributed by atoms with Gasteiger partial charge in [0.15, 0.2) is 5.82 Å². The second kappa shape index (κ2) is 6.55. The van der Waals surface area contributed by atoms with E-state index in [4.69, 9.17) is 4.52 Å². The normalized spacial score (nSPS) is 16.1. The van der Waals surface area contributed by atoms with Crippen molar-refractivity contribution in [1.29, 1.82) is 0 Å². The Bertz CT molecular complexity index is 575. The zero-order chi connectivity index (χ0) is 14.7. The quantitative estimate of drug-likeness (QED) is 0.759. The van der Waals surface area contributed by atoms with Crippen LogP contribution in [0.2, 0.25) is 0 Å². The van der Waals surface area contributed by atoms with Crippen LogP contribution in [0.25, 0.3) is 0 Å². The third-order valence-corrected chi connectivity index (χ3v) is 4.48. The van der Waals surface area contributed by atoms with E-state index in [-0.39, 0.29) is 0 Å². The molecule has 0 saturated heterocycles. The predicted molar refractivity (Wildman–Crippen MR) is 77.7 cm³/mol. The van der Waals surface area contributed by atoms with Crippen molar-refractivity contribution in [2.24, 2.45) is 5.92 Å². The van der Waals surface area contributed by atoms with Crippen LogP contribution in [0.3, 0.4) is 0 Å². The maximum atomic E-state index is 5.27. The minimum atomic E-state index is 0.446. The van der Waals surface area contributed by atoms with E-state index < -0.39 is 0 Å². The second-order valence-electron chi connectivity index (χ2n) is 5.84. The third-order valence-electron chi connectivity index (χ3n) is 3.56. The maximum absolute atomic E-state index is 5.27. The van der Waals surface area contributed by atoms with E-state index in [1.807, 2.05) is 4.68 Å². The van der Waals surface area contributed by atoms with E-state index in [0.717, 1.165) is 30.2 Å². The summed E-state index contributed by atoms with van der Waals surface area (Å²) in [6.45, 7) is 4.28. The number of rotatable bonds is 6. The van der Waals surface area contributed by atoms with E-state index in [1.165, 1.54) is 12.8 Å². The Labute approximate surface area is 127 Å². The topological polar surface area (TPSA) is 82.5 Å². The second-order valence-corrected chi connectivity index (χ2v) is 6.78. The molecule has 0 amide bonds. The summed E-state index contributed by atoms with van der Waals surface area (Å²) in [4.78, 5) is 4.40. The van der Waals surface area contributed by atoms with Gasteiger partial charge in [0, 0.05) is 6.42 Å². The fourth-order valence-corrected chi connectivity index (χ4v) is 3.36. The van der Waals surface area contributed by atoms with Crippen molar-refractivity contribution in [3.8, 4) is 0 Å². The Hall–Kier alpha value is -1.44. The van der Waals surface area contributed by atoms with Gasteiger partial charge in [-0.15, -0.1) is 5.10 Å². The van der Waals surface area contributed by atoms with Crippen LogP contribution in [-0.4, -0.2) is 30.3 Å². The van der Waals surface area contributed by atoms with Crippen LogP contribution < -0.4 is 0 Å². The van der Waals surface area contributed by atoms with Gasteiger partial charge in [-0.2, -0.15) is 4.98 Å². The molecule has 3 rings (SSSR count). The van der Waals surface area contributed by atoms with E-state index >= 15 is 0 Å². The molecule has 1 aliphatic carbocycles. The molecule has 8 heteroatoms. The van der Waals surface area contributed by atoms with Crippen molar-refractivity contribution >= 4 is 11.8 Å². The molecule has 7 nitrogen and oxygen atoms in total. The fourth-order valence-electron chi connectivity index (χ4n) is 2.58. The van der Waals surface area contributed by atoms with Gasteiger partial charge in [-0.05, 0) is 29.2 Å². The van der Waals surface area contributed by atoms with E-state index in [1.54, 1.807) is 11.8 Å². The number of thioether (sulfide) groups is 1. The van der Waals surface area contributed by atoms with Crippen molar-refractivity contribution in [3.63, 3.8) is 0 Å². The SMILES string of the molecule is CC(C)Cc1noc(CSc2nnnn2C2CCCC2)n1. The Balaban J connectivity index is 1.60. The minimum Gasteiger partial charge on any atom is -0.338 e. The molecular weight excluding hydrogens is 288 g/mol. The molecule has 0 bridgehead atoms. The summed E-state index contributed by atoms with van der Waals surface area (Å²) in [7, 11) is 0. The minimum absolute atomic E-state index is 0.446. The van der Waals surface area contributed by atoms with E-state index in [9.17, 15) is 0 Å². The highest BCUT2D eigenvalue weighted by Crippen LogP contribution is 2.32. The molecule has 2 heterocycles. The van der Waals surface area contributed by atoms with Crippen molar-refractivity contribution in [1.82, 2.24) is 30.3 Å². The van der Waals surface area contributed by atoms with Crippen LogP contribution in [0.5, 0.6) is 0 Å². The standard InChI is InChI=1S/C13H20N6OS/c1-9(2)7-11-14-12(20-16-11)8-21-13-15-17-18-19(13)10-5-3-4-6-10/h9-10H,3-8H2,1-2H3. The predicted octanol–water partition coefficient (Wildman–Crippen LogP) is 2.66. The number of aromatic nitrogens is 6. The molecule has 1 fully saturated rings. The molecule has 1 saturated carbocycles. The number of hydrogen-bond acceptors (Lipinski definition) is 7. The molecule has 0 N–H and O–H groups in total. The third kappa shape index (κ3) is 3.61. The van der Waals surface area contributed by atoms with Crippen molar-refractivity contribution in [3.05, 3.63) is 11.7 Å². The lowest BCUT2D eigenvalue weighted by molar-refractivity contribution is 0.381. The Morgan fingerprint density at radius 3 is 2.90 bits per heavy atom. The summed E-state index contributed by atoms with van der Waals surface area (Å²) in [5, 5.41) is 16.9. The van der Waals surface area contributed by atoms with Gasteiger partial charge in [-0.3, -0.25) is 0 Å². The van der Waals surface area contributed by atoms with E-state index in [0.29, 0.717) is 23.6 Å². The lowest BCUT2D eigenvalue weighted by Crippen LogP contribution is -2.08. The maximum Gasteiger partial charge on any atom is 0.237 e. The first-order valence-electron chi connectivity index (χ1n) is 7.44. The Morgan fingerprint density at radius 2 is 2.14 bits per heavy atom. The van der Waals surface area contributed by atoms with Gasteiger partial charge in [0.1, 0.15) is 0 Å². The van der Waals surface area contributed by atoms with Gasteiger partial charge in [-0.25, -0.2) is 4.68 Å². The summed E-state index contributed by atoms with van der Waals surface area (Å²) in [5.74, 6) is 2.54. The summed E-state index contributed by atoms with van der Waals surface area (Å²) >= 11 is 1.56. The van der Waals surface area contributed by atoms with Crippen LogP contribution in [-0.2, 0) is 12.2 Å². The van der Waals surface area contributed by atoms with Crippen LogP contribution in [0.4, 0.5) is 0 Å². The Kier molecular flexibility index (Phi) is 4.52. The molecule has 0 aliphatic heterocycles. The molecule has 2 aromatic rings. The van der Waals surface area contributed by atoms with Gasteiger partial charge in [0.05, 0.1) is 11.8 Å². The number of nitrogens with zero attached hydrogens (tertiary/aromatic N) is 6. The summed E-state index contributed by atoms with van der Waals surface area (Å²) in [5.41, 5.74) is 0.